The van der Waals surface area contributed by atoms with E-state index in [1.54, 1.807) is 6.33 Å². The smallest absolute Gasteiger partial charge is 0.115 e. The normalized spacial score (nSPS) is 12.7. The van der Waals surface area contributed by atoms with Crippen LogP contribution in [0, 0.1) is 0 Å². The molecule has 4 nitrogen and oxygen atoms in total. The molecule has 0 spiro atoms. The van der Waals surface area contributed by atoms with Crippen LogP contribution in [-0.4, -0.2) is 30.2 Å². The van der Waals surface area contributed by atoms with Crippen molar-refractivity contribution < 1.29 is 4.74 Å². The quantitative estimate of drug-likeness (QED) is 0.692. The lowest BCUT2D eigenvalue weighted by Crippen LogP contribution is -2.18. The van der Waals surface area contributed by atoms with Crippen LogP contribution in [0.2, 0.25) is 0 Å². The molecule has 1 atom stereocenters. The van der Waals surface area contributed by atoms with Crippen molar-refractivity contribution in [2.75, 3.05) is 20.3 Å². The third kappa shape index (κ3) is 3.40. The van der Waals surface area contributed by atoms with E-state index in [-0.39, 0.29) is 6.04 Å². The number of hydrogen-bond acceptors (Lipinski definition) is 4. The second-order valence-corrected chi connectivity index (χ2v) is 3.00. The summed E-state index contributed by atoms with van der Waals surface area (Å²) >= 11 is 0. The molecule has 0 aliphatic carbocycles. The molecule has 0 aliphatic heterocycles. The van der Waals surface area contributed by atoms with Crippen molar-refractivity contribution in [3.63, 3.8) is 0 Å². The van der Waals surface area contributed by atoms with Gasteiger partial charge in [-0.3, -0.25) is 0 Å². The number of ether oxygens (including phenoxy) is 1. The maximum Gasteiger partial charge on any atom is 0.115 e. The molecular weight excluding hydrogens is 178 g/mol. The van der Waals surface area contributed by atoms with Gasteiger partial charge in [-0.15, -0.1) is 0 Å². The predicted molar refractivity (Wildman–Crippen MR) is 54.9 cm³/mol. The summed E-state index contributed by atoms with van der Waals surface area (Å²) in [6.45, 7) is 3.53. The van der Waals surface area contributed by atoms with Crippen LogP contribution in [0.5, 0.6) is 0 Å². The van der Waals surface area contributed by atoms with Crippen molar-refractivity contribution in [1.29, 1.82) is 0 Å². The fourth-order valence-corrected chi connectivity index (χ4v) is 1.31. The van der Waals surface area contributed by atoms with Gasteiger partial charge in [0.25, 0.3) is 0 Å². The van der Waals surface area contributed by atoms with Gasteiger partial charge in [0.2, 0.25) is 0 Å². The first-order chi connectivity index (χ1) is 6.88. The van der Waals surface area contributed by atoms with Crippen molar-refractivity contribution in [2.45, 2.75) is 19.4 Å². The Balaban J connectivity index is 2.46. The summed E-state index contributed by atoms with van der Waals surface area (Å²) in [4.78, 5) is 7.98. The Bertz CT molecular complexity index is 240. The molecule has 78 valence electrons. The lowest BCUT2D eigenvalue weighted by Gasteiger charge is -2.15. The van der Waals surface area contributed by atoms with Crippen LogP contribution in [-0.2, 0) is 4.74 Å². The fourth-order valence-electron chi connectivity index (χ4n) is 1.31. The Morgan fingerprint density at radius 1 is 1.43 bits per heavy atom. The number of hydrogen-bond donors (Lipinski definition) is 1. The van der Waals surface area contributed by atoms with E-state index >= 15 is 0 Å². The first-order valence-electron chi connectivity index (χ1n) is 4.88. The monoisotopic (exact) mass is 195 g/mol. The van der Waals surface area contributed by atoms with Crippen molar-refractivity contribution in [3.8, 4) is 0 Å². The van der Waals surface area contributed by atoms with E-state index in [1.165, 1.54) is 0 Å². The topological polar surface area (TPSA) is 47.0 Å². The summed E-state index contributed by atoms with van der Waals surface area (Å²) in [6.07, 6.45) is 6.15. The molecule has 1 aromatic rings. The maximum absolute atomic E-state index is 5.31. The van der Waals surface area contributed by atoms with Crippen LogP contribution >= 0.6 is 0 Å². The molecule has 0 amide bonds. The molecule has 1 aromatic heterocycles. The van der Waals surface area contributed by atoms with E-state index in [9.17, 15) is 0 Å². The van der Waals surface area contributed by atoms with Crippen LogP contribution in [0.25, 0.3) is 0 Å². The predicted octanol–water partition coefficient (Wildman–Crippen LogP) is 1.16. The van der Waals surface area contributed by atoms with Gasteiger partial charge >= 0.3 is 0 Å². The van der Waals surface area contributed by atoms with Crippen LogP contribution in [0.4, 0.5) is 0 Å². The summed E-state index contributed by atoms with van der Waals surface area (Å²) in [5, 5.41) is 3.22. The molecule has 4 heteroatoms. The summed E-state index contributed by atoms with van der Waals surface area (Å²) in [5.74, 6) is 0. The minimum absolute atomic E-state index is 0.280. The van der Waals surface area contributed by atoms with E-state index < -0.39 is 0 Å². The SMILES string of the molecule is CCOCCC(NC)c1cncnc1. The van der Waals surface area contributed by atoms with Crippen LogP contribution in [0.15, 0.2) is 18.7 Å². The third-order valence-electron chi connectivity index (χ3n) is 2.09. The van der Waals surface area contributed by atoms with Gasteiger partial charge in [-0.1, -0.05) is 0 Å². The van der Waals surface area contributed by atoms with Crippen molar-refractivity contribution in [2.24, 2.45) is 0 Å². The molecule has 0 fully saturated rings. The van der Waals surface area contributed by atoms with E-state index in [0.29, 0.717) is 0 Å². The minimum atomic E-state index is 0.280. The molecule has 0 radical (unpaired) electrons. The highest BCUT2D eigenvalue weighted by molar-refractivity contribution is 5.08. The standard InChI is InChI=1S/C10H17N3O/c1-3-14-5-4-10(11-2)9-6-12-8-13-7-9/h6-8,10-11H,3-5H2,1-2H3. The molecule has 1 rings (SSSR count). The van der Waals surface area contributed by atoms with E-state index in [4.69, 9.17) is 4.74 Å². The first kappa shape index (κ1) is 11.1. The zero-order valence-corrected chi connectivity index (χ0v) is 8.73. The maximum atomic E-state index is 5.31. The molecule has 1 N–H and O–H groups in total. The minimum Gasteiger partial charge on any atom is -0.382 e. The zero-order chi connectivity index (χ0) is 10.2. The molecule has 0 aliphatic rings. The van der Waals surface area contributed by atoms with Gasteiger partial charge in [-0.2, -0.15) is 0 Å². The lowest BCUT2D eigenvalue weighted by atomic mass is 10.1. The fraction of sp³-hybridized carbons (Fsp3) is 0.600. The van der Waals surface area contributed by atoms with Gasteiger partial charge in [0.15, 0.2) is 0 Å². The molecule has 14 heavy (non-hydrogen) atoms. The van der Waals surface area contributed by atoms with E-state index in [1.807, 2.05) is 26.4 Å². The molecule has 1 heterocycles. The van der Waals surface area contributed by atoms with E-state index in [0.717, 1.165) is 25.2 Å². The highest BCUT2D eigenvalue weighted by Gasteiger charge is 2.08. The van der Waals surface area contributed by atoms with Crippen molar-refractivity contribution >= 4 is 0 Å². The Hall–Kier alpha value is -1.00. The second kappa shape index (κ2) is 6.45. The average molecular weight is 195 g/mol. The third-order valence-corrected chi connectivity index (χ3v) is 2.09. The van der Waals surface area contributed by atoms with Gasteiger partial charge in [0, 0.05) is 37.2 Å². The summed E-state index contributed by atoms with van der Waals surface area (Å²) in [6, 6.07) is 0.280. The van der Waals surface area contributed by atoms with Crippen LogP contribution in [0.3, 0.4) is 0 Å². The van der Waals surface area contributed by atoms with Crippen molar-refractivity contribution in [3.05, 3.63) is 24.3 Å². The molecule has 0 saturated heterocycles. The second-order valence-electron chi connectivity index (χ2n) is 3.00. The Morgan fingerprint density at radius 2 is 2.14 bits per heavy atom. The Morgan fingerprint density at radius 3 is 2.71 bits per heavy atom. The number of nitrogens with one attached hydrogen (secondary N) is 1. The molecule has 0 bridgehead atoms. The molecule has 0 aromatic carbocycles. The van der Waals surface area contributed by atoms with Crippen molar-refractivity contribution in [1.82, 2.24) is 15.3 Å². The van der Waals surface area contributed by atoms with Gasteiger partial charge in [0.05, 0.1) is 0 Å². The van der Waals surface area contributed by atoms with Gasteiger partial charge in [-0.25, -0.2) is 9.97 Å². The lowest BCUT2D eigenvalue weighted by molar-refractivity contribution is 0.137. The molecule has 1 unspecified atom stereocenters. The van der Waals surface area contributed by atoms with Crippen LogP contribution < -0.4 is 5.32 Å². The highest BCUT2D eigenvalue weighted by atomic mass is 16.5. The summed E-state index contributed by atoms with van der Waals surface area (Å²) in [5.41, 5.74) is 1.11. The van der Waals surface area contributed by atoms with Gasteiger partial charge < -0.3 is 10.1 Å². The summed E-state index contributed by atoms with van der Waals surface area (Å²) in [7, 11) is 1.93. The Kier molecular flexibility index (Phi) is 5.11. The largest absolute Gasteiger partial charge is 0.382 e. The number of aromatic nitrogens is 2. The number of rotatable bonds is 6. The van der Waals surface area contributed by atoms with Crippen LogP contribution in [0.1, 0.15) is 24.9 Å². The highest BCUT2D eigenvalue weighted by Crippen LogP contribution is 2.13. The average Bonchev–Trinajstić information content (AvgIpc) is 2.26. The van der Waals surface area contributed by atoms with E-state index in [2.05, 4.69) is 15.3 Å². The summed E-state index contributed by atoms with van der Waals surface area (Å²) < 4.78 is 5.31. The molecular formula is C10H17N3O. The number of nitrogens with zero attached hydrogens (tertiary/aromatic N) is 2. The first-order valence-corrected chi connectivity index (χ1v) is 4.88. The van der Waals surface area contributed by atoms with Gasteiger partial charge in [0.1, 0.15) is 6.33 Å². The van der Waals surface area contributed by atoms with Gasteiger partial charge in [-0.05, 0) is 20.4 Å². The Labute approximate surface area is 84.7 Å². The zero-order valence-electron chi connectivity index (χ0n) is 8.73. The molecule has 0 saturated carbocycles.